The smallest absolute Gasteiger partial charge is 0.262 e. The minimum absolute atomic E-state index is 0.0925. The summed E-state index contributed by atoms with van der Waals surface area (Å²) in [6, 6.07) is 27.8. The van der Waals surface area contributed by atoms with Crippen LogP contribution in [-0.2, 0) is 11.3 Å². The molecule has 138 valence electrons. The molecule has 28 heavy (non-hydrogen) atoms. The van der Waals surface area contributed by atoms with Gasteiger partial charge >= 0.3 is 0 Å². The van der Waals surface area contributed by atoms with E-state index < -0.39 is 0 Å². The van der Waals surface area contributed by atoms with E-state index in [1.165, 1.54) is 10.5 Å². The van der Waals surface area contributed by atoms with Crippen LogP contribution in [0.3, 0.4) is 0 Å². The van der Waals surface area contributed by atoms with Crippen molar-refractivity contribution >= 4 is 23.7 Å². The number of hydrogen-bond acceptors (Lipinski definition) is 3. The van der Waals surface area contributed by atoms with E-state index in [1.54, 1.807) is 17.8 Å². The van der Waals surface area contributed by atoms with Gasteiger partial charge in [-0.3, -0.25) is 4.79 Å². The number of nitrogens with zero attached hydrogens (tertiary/aromatic N) is 1. The van der Waals surface area contributed by atoms with Gasteiger partial charge in [0, 0.05) is 16.3 Å². The second kappa shape index (κ2) is 9.59. The summed E-state index contributed by atoms with van der Waals surface area (Å²) >= 11 is 1.68. The summed E-state index contributed by atoms with van der Waals surface area (Å²) in [6.45, 7) is 2.46. The fraction of sp³-hybridized carbons (Fsp3) is 0.0833. The molecule has 1 N–H and O–H groups in total. The van der Waals surface area contributed by atoms with Gasteiger partial charge in [0.2, 0.25) is 0 Å². The molecule has 0 fully saturated rings. The van der Waals surface area contributed by atoms with Gasteiger partial charge < -0.3 is 5.32 Å². The van der Waals surface area contributed by atoms with Crippen LogP contribution in [0, 0.1) is 18.3 Å². The number of amides is 1. The van der Waals surface area contributed by atoms with Gasteiger partial charge in [0.1, 0.15) is 11.6 Å². The van der Waals surface area contributed by atoms with Crippen molar-refractivity contribution in [3.8, 4) is 6.07 Å². The van der Waals surface area contributed by atoms with Crippen LogP contribution in [0.4, 0.5) is 0 Å². The first-order valence-electron chi connectivity index (χ1n) is 8.92. The van der Waals surface area contributed by atoms with E-state index in [9.17, 15) is 10.1 Å². The lowest BCUT2D eigenvalue weighted by molar-refractivity contribution is -0.117. The molecule has 3 aromatic rings. The Kier molecular flexibility index (Phi) is 6.67. The lowest BCUT2D eigenvalue weighted by Crippen LogP contribution is -2.23. The Morgan fingerprint density at radius 3 is 2.18 bits per heavy atom. The average molecular weight is 385 g/mol. The molecule has 0 radical (unpaired) electrons. The first-order chi connectivity index (χ1) is 13.6. The first-order valence-corrected chi connectivity index (χ1v) is 9.74. The maximum atomic E-state index is 12.3. The van der Waals surface area contributed by atoms with Crippen LogP contribution in [-0.4, -0.2) is 5.91 Å². The van der Waals surface area contributed by atoms with Crippen LogP contribution in [0.2, 0.25) is 0 Å². The highest BCUT2D eigenvalue weighted by molar-refractivity contribution is 7.99. The summed E-state index contributed by atoms with van der Waals surface area (Å²) in [4.78, 5) is 14.6. The van der Waals surface area contributed by atoms with Gasteiger partial charge in [-0.1, -0.05) is 71.9 Å². The van der Waals surface area contributed by atoms with E-state index in [0.29, 0.717) is 6.54 Å². The van der Waals surface area contributed by atoms with E-state index >= 15 is 0 Å². The Labute approximate surface area is 169 Å². The van der Waals surface area contributed by atoms with Gasteiger partial charge in [0.15, 0.2) is 0 Å². The van der Waals surface area contributed by atoms with Crippen LogP contribution in [0.1, 0.15) is 16.7 Å². The number of carbonyl (C=O) groups excluding carboxylic acids is 1. The average Bonchev–Trinajstić information content (AvgIpc) is 2.74. The molecule has 1 amide bonds. The maximum absolute atomic E-state index is 12.3. The minimum Gasteiger partial charge on any atom is -0.347 e. The van der Waals surface area contributed by atoms with E-state index in [-0.39, 0.29) is 11.5 Å². The predicted molar refractivity (Wildman–Crippen MR) is 114 cm³/mol. The monoisotopic (exact) mass is 384 g/mol. The topological polar surface area (TPSA) is 52.9 Å². The number of nitrogens with one attached hydrogen (secondary N) is 1. The Morgan fingerprint density at radius 2 is 1.57 bits per heavy atom. The molecular formula is C24H20N2OS. The van der Waals surface area contributed by atoms with Gasteiger partial charge in [0.05, 0.1) is 0 Å². The third kappa shape index (κ3) is 5.60. The zero-order valence-corrected chi connectivity index (χ0v) is 16.4. The molecule has 0 aliphatic rings. The normalized spacial score (nSPS) is 10.9. The van der Waals surface area contributed by atoms with Crippen molar-refractivity contribution < 1.29 is 4.79 Å². The molecule has 0 spiro atoms. The van der Waals surface area contributed by atoms with Gasteiger partial charge in [0.25, 0.3) is 5.91 Å². The van der Waals surface area contributed by atoms with Crippen molar-refractivity contribution in [2.45, 2.75) is 23.3 Å². The van der Waals surface area contributed by atoms with Crippen LogP contribution in [0.15, 0.2) is 94.2 Å². The lowest BCUT2D eigenvalue weighted by atomic mass is 10.1. The third-order valence-corrected chi connectivity index (χ3v) is 5.12. The van der Waals surface area contributed by atoms with Crippen molar-refractivity contribution in [3.05, 3.63) is 101 Å². The van der Waals surface area contributed by atoms with Crippen LogP contribution in [0.25, 0.3) is 6.08 Å². The standard InChI is InChI=1S/C24H20N2OS/c1-18-7-11-22(12-8-18)28-23-13-9-19(10-14-23)15-21(16-25)24(27)26-17-20-5-3-2-4-6-20/h2-15H,17H2,1H3,(H,26,27)/b21-15-. The molecule has 4 heteroatoms. The summed E-state index contributed by atoms with van der Waals surface area (Å²) in [5.41, 5.74) is 3.14. The highest BCUT2D eigenvalue weighted by Crippen LogP contribution is 2.28. The minimum atomic E-state index is -0.371. The molecule has 0 unspecified atom stereocenters. The largest absolute Gasteiger partial charge is 0.347 e. The van der Waals surface area contributed by atoms with Gasteiger partial charge in [-0.15, -0.1) is 0 Å². The molecule has 3 aromatic carbocycles. The van der Waals surface area contributed by atoms with Gasteiger partial charge in [-0.05, 0) is 48.4 Å². The summed E-state index contributed by atoms with van der Waals surface area (Å²) in [5, 5.41) is 12.1. The second-order valence-electron chi connectivity index (χ2n) is 6.32. The number of carbonyl (C=O) groups is 1. The highest BCUT2D eigenvalue weighted by atomic mass is 32.2. The lowest BCUT2D eigenvalue weighted by Gasteiger charge is -2.05. The molecule has 3 nitrogen and oxygen atoms in total. The molecule has 0 aromatic heterocycles. The van der Waals surface area contributed by atoms with Crippen LogP contribution < -0.4 is 5.32 Å². The Hall–Kier alpha value is -3.29. The fourth-order valence-electron chi connectivity index (χ4n) is 2.56. The summed E-state index contributed by atoms with van der Waals surface area (Å²) in [5.74, 6) is -0.371. The molecule has 0 atom stereocenters. The van der Waals surface area contributed by atoms with Crippen molar-refractivity contribution in [2.75, 3.05) is 0 Å². The van der Waals surface area contributed by atoms with Gasteiger partial charge in [-0.25, -0.2) is 0 Å². The van der Waals surface area contributed by atoms with Gasteiger partial charge in [-0.2, -0.15) is 5.26 Å². The fourth-order valence-corrected chi connectivity index (χ4v) is 3.38. The van der Waals surface area contributed by atoms with Crippen LogP contribution >= 0.6 is 11.8 Å². The van der Waals surface area contributed by atoms with Crippen molar-refractivity contribution in [2.24, 2.45) is 0 Å². The number of nitriles is 1. The summed E-state index contributed by atoms with van der Waals surface area (Å²) < 4.78 is 0. The molecule has 0 heterocycles. The molecule has 0 aliphatic carbocycles. The summed E-state index contributed by atoms with van der Waals surface area (Å²) in [7, 11) is 0. The van der Waals surface area contributed by atoms with Crippen molar-refractivity contribution in [3.63, 3.8) is 0 Å². The number of benzene rings is 3. The Balaban J connectivity index is 1.64. The molecule has 3 rings (SSSR count). The first kappa shape index (κ1) is 19.5. The third-order valence-electron chi connectivity index (χ3n) is 4.11. The Morgan fingerprint density at radius 1 is 0.964 bits per heavy atom. The number of rotatable bonds is 6. The molecule has 0 saturated carbocycles. The van der Waals surface area contributed by atoms with Crippen LogP contribution in [0.5, 0.6) is 0 Å². The maximum Gasteiger partial charge on any atom is 0.262 e. The SMILES string of the molecule is Cc1ccc(Sc2ccc(/C=C(/C#N)C(=O)NCc3ccccc3)cc2)cc1. The number of hydrogen-bond donors (Lipinski definition) is 1. The Bertz CT molecular complexity index is 1000. The molecule has 0 saturated heterocycles. The second-order valence-corrected chi connectivity index (χ2v) is 7.47. The quantitative estimate of drug-likeness (QED) is 0.459. The van der Waals surface area contributed by atoms with Crippen molar-refractivity contribution in [1.82, 2.24) is 5.32 Å². The van der Waals surface area contributed by atoms with E-state index in [4.69, 9.17) is 0 Å². The van der Waals surface area contributed by atoms with E-state index in [1.807, 2.05) is 60.7 Å². The number of aryl methyl sites for hydroxylation is 1. The highest BCUT2D eigenvalue weighted by Gasteiger charge is 2.08. The molecule has 0 bridgehead atoms. The van der Waals surface area contributed by atoms with Crippen molar-refractivity contribution in [1.29, 1.82) is 5.26 Å². The van der Waals surface area contributed by atoms with E-state index in [2.05, 4.69) is 36.5 Å². The molecular weight excluding hydrogens is 364 g/mol. The zero-order valence-electron chi connectivity index (χ0n) is 15.6. The predicted octanol–water partition coefficient (Wildman–Crippen LogP) is 5.37. The summed E-state index contributed by atoms with van der Waals surface area (Å²) in [6.07, 6.45) is 1.61. The van der Waals surface area contributed by atoms with E-state index in [0.717, 1.165) is 16.0 Å². The molecule has 0 aliphatic heterocycles. The zero-order chi connectivity index (χ0) is 19.8.